The summed E-state index contributed by atoms with van der Waals surface area (Å²) in [5.74, 6) is -0.299. The number of nitrogens with zero attached hydrogens (tertiary/aromatic N) is 1. The largest absolute Gasteiger partial charge is 0.364 e. The Hall–Kier alpha value is -1.16. The minimum Gasteiger partial charge on any atom is -0.364 e. The van der Waals surface area contributed by atoms with E-state index in [0.717, 1.165) is 0 Å². The lowest BCUT2D eigenvalue weighted by molar-refractivity contribution is 0.422. The van der Waals surface area contributed by atoms with Gasteiger partial charge in [0.2, 0.25) is 0 Å². The van der Waals surface area contributed by atoms with Gasteiger partial charge in [0.15, 0.2) is 0 Å². The summed E-state index contributed by atoms with van der Waals surface area (Å²) in [4.78, 5) is 0. The van der Waals surface area contributed by atoms with Crippen LogP contribution in [-0.4, -0.2) is 5.16 Å². The standard InChI is InChI=1S/C9H5BrFNO/c10-7-3-6(4-8(11)5-7)9-1-2-13-12-9/h1-5H. The Balaban J connectivity index is 2.53. The second-order valence-corrected chi connectivity index (χ2v) is 3.46. The van der Waals surface area contributed by atoms with E-state index in [4.69, 9.17) is 0 Å². The van der Waals surface area contributed by atoms with Crippen LogP contribution in [0.15, 0.2) is 39.5 Å². The summed E-state index contributed by atoms with van der Waals surface area (Å²) in [5, 5.41) is 3.71. The van der Waals surface area contributed by atoms with Crippen molar-refractivity contribution in [1.82, 2.24) is 5.16 Å². The summed E-state index contributed by atoms with van der Waals surface area (Å²) < 4.78 is 18.3. The summed E-state index contributed by atoms with van der Waals surface area (Å²) in [7, 11) is 0. The van der Waals surface area contributed by atoms with E-state index in [0.29, 0.717) is 15.7 Å². The maximum atomic E-state index is 12.9. The van der Waals surface area contributed by atoms with Gasteiger partial charge in [-0.05, 0) is 18.2 Å². The van der Waals surface area contributed by atoms with Gasteiger partial charge in [0, 0.05) is 16.1 Å². The molecular weight excluding hydrogens is 237 g/mol. The third-order valence-electron chi connectivity index (χ3n) is 1.60. The van der Waals surface area contributed by atoms with Crippen LogP contribution in [0.4, 0.5) is 4.39 Å². The Morgan fingerprint density at radius 2 is 2.15 bits per heavy atom. The maximum absolute atomic E-state index is 12.9. The van der Waals surface area contributed by atoms with Crippen LogP contribution in [0.5, 0.6) is 0 Å². The molecule has 4 heteroatoms. The lowest BCUT2D eigenvalue weighted by atomic mass is 10.1. The molecule has 0 saturated heterocycles. The molecule has 2 aromatic rings. The second-order valence-electron chi connectivity index (χ2n) is 2.54. The molecule has 0 saturated carbocycles. The van der Waals surface area contributed by atoms with E-state index >= 15 is 0 Å². The number of hydrogen-bond acceptors (Lipinski definition) is 2. The highest BCUT2D eigenvalue weighted by Gasteiger charge is 2.03. The Morgan fingerprint density at radius 1 is 1.31 bits per heavy atom. The van der Waals surface area contributed by atoms with Crippen LogP contribution in [0.25, 0.3) is 11.3 Å². The van der Waals surface area contributed by atoms with Crippen LogP contribution in [0.1, 0.15) is 0 Å². The summed E-state index contributed by atoms with van der Waals surface area (Å²) in [6, 6.07) is 6.26. The van der Waals surface area contributed by atoms with Gasteiger partial charge in [-0.3, -0.25) is 0 Å². The van der Waals surface area contributed by atoms with Crippen LogP contribution in [0.3, 0.4) is 0 Å². The third kappa shape index (κ3) is 1.78. The van der Waals surface area contributed by atoms with Crippen LogP contribution in [0, 0.1) is 5.82 Å². The van der Waals surface area contributed by atoms with Gasteiger partial charge in [0.05, 0.1) is 0 Å². The highest BCUT2D eigenvalue weighted by molar-refractivity contribution is 9.10. The van der Waals surface area contributed by atoms with Gasteiger partial charge in [0.1, 0.15) is 17.8 Å². The summed E-state index contributed by atoms with van der Waals surface area (Å²) in [6.45, 7) is 0. The average molecular weight is 242 g/mol. The molecule has 1 aromatic heterocycles. The SMILES string of the molecule is Fc1cc(Br)cc(-c2ccon2)c1. The lowest BCUT2D eigenvalue weighted by Gasteiger charge is -1.97. The molecule has 2 nitrogen and oxygen atoms in total. The molecule has 0 atom stereocenters. The van der Waals surface area contributed by atoms with Crippen LogP contribution in [0.2, 0.25) is 0 Å². The van der Waals surface area contributed by atoms with Crippen molar-refractivity contribution in [1.29, 1.82) is 0 Å². The van der Waals surface area contributed by atoms with Gasteiger partial charge in [-0.15, -0.1) is 0 Å². The minimum atomic E-state index is -0.299. The molecular formula is C9H5BrFNO. The van der Waals surface area contributed by atoms with Crippen LogP contribution in [-0.2, 0) is 0 Å². The fraction of sp³-hybridized carbons (Fsp3) is 0. The molecule has 1 heterocycles. The van der Waals surface area contributed by atoms with E-state index in [1.54, 1.807) is 12.1 Å². The minimum absolute atomic E-state index is 0.299. The zero-order chi connectivity index (χ0) is 9.26. The predicted octanol–water partition coefficient (Wildman–Crippen LogP) is 3.24. The molecule has 0 unspecified atom stereocenters. The van der Waals surface area contributed by atoms with Crippen molar-refractivity contribution in [2.24, 2.45) is 0 Å². The first-order valence-corrected chi connectivity index (χ1v) is 4.42. The molecule has 13 heavy (non-hydrogen) atoms. The first kappa shape index (κ1) is 8.44. The zero-order valence-electron chi connectivity index (χ0n) is 6.50. The van der Waals surface area contributed by atoms with Gasteiger partial charge in [-0.25, -0.2) is 4.39 Å². The van der Waals surface area contributed by atoms with Crippen molar-refractivity contribution in [3.63, 3.8) is 0 Å². The molecule has 0 aliphatic rings. The number of rotatable bonds is 1. The van der Waals surface area contributed by atoms with Crippen LogP contribution < -0.4 is 0 Å². The number of benzene rings is 1. The molecule has 0 aliphatic heterocycles. The molecule has 0 N–H and O–H groups in total. The smallest absolute Gasteiger partial charge is 0.125 e. The van der Waals surface area contributed by atoms with Crippen molar-refractivity contribution < 1.29 is 8.91 Å². The third-order valence-corrected chi connectivity index (χ3v) is 2.05. The Bertz CT molecular complexity index is 393. The van der Waals surface area contributed by atoms with Gasteiger partial charge in [-0.1, -0.05) is 21.1 Å². The van der Waals surface area contributed by atoms with Crippen molar-refractivity contribution in [2.75, 3.05) is 0 Å². The molecule has 2 rings (SSSR count). The van der Waals surface area contributed by atoms with E-state index in [1.165, 1.54) is 18.4 Å². The molecule has 66 valence electrons. The van der Waals surface area contributed by atoms with E-state index in [-0.39, 0.29) is 5.82 Å². The van der Waals surface area contributed by atoms with Crippen molar-refractivity contribution in [3.05, 3.63) is 40.8 Å². The summed E-state index contributed by atoms with van der Waals surface area (Å²) in [5.41, 5.74) is 1.32. The monoisotopic (exact) mass is 241 g/mol. The van der Waals surface area contributed by atoms with Gasteiger partial charge >= 0.3 is 0 Å². The normalized spacial score (nSPS) is 10.3. The first-order valence-electron chi connectivity index (χ1n) is 3.62. The number of halogens is 2. The first-order chi connectivity index (χ1) is 6.25. The highest BCUT2D eigenvalue weighted by Crippen LogP contribution is 2.22. The molecule has 0 aliphatic carbocycles. The van der Waals surface area contributed by atoms with E-state index in [2.05, 4.69) is 25.6 Å². The molecule has 0 bridgehead atoms. The Morgan fingerprint density at radius 3 is 2.77 bits per heavy atom. The van der Waals surface area contributed by atoms with Gasteiger partial charge in [0.25, 0.3) is 0 Å². The van der Waals surface area contributed by atoms with E-state index in [1.807, 2.05) is 0 Å². The van der Waals surface area contributed by atoms with Crippen molar-refractivity contribution in [3.8, 4) is 11.3 Å². The number of aromatic nitrogens is 1. The summed E-state index contributed by atoms with van der Waals surface area (Å²) >= 11 is 3.20. The second kappa shape index (κ2) is 3.30. The molecule has 1 aromatic carbocycles. The Kier molecular flexibility index (Phi) is 2.14. The topological polar surface area (TPSA) is 26.0 Å². The lowest BCUT2D eigenvalue weighted by Crippen LogP contribution is -1.80. The molecule has 0 radical (unpaired) electrons. The number of hydrogen-bond donors (Lipinski definition) is 0. The average Bonchev–Trinajstić information content (AvgIpc) is 2.53. The van der Waals surface area contributed by atoms with Crippen molar-refractivity contribution in [2.45, 2.75) is 0 Å². The molecule has 0 spiro atoms. The molecule has 0 amide bonds. The highest BCUT2D eigenvalue weighted by atomic mass is 79.9. The van der Waals surface area contributed by atoms with Crippen molar-refractivity contribution >= 4 is 15.9 Å². The van der Waals surface area contributed by atoms with Gasteiger partial charge in [-0.2, -0.15) is 0 Å². The fourth-order valence-electron chi connectivity index (χ4n) is 1.06. The zero-order valence-corrected chi connectivity index (χ0v) is 8.08. The predicted molar refractivity (Wildman–Crippen MR) is 49.6 cm³/mol. The quantitative estimate of drug-likeness (QED) is 0.767. The Labute approximate surface area is 82.5 Å². The van der Waals surface area contributed by atoms with E-state index in [9.17, 15) is 4.39 Å². The van der Waals surface area contributed by atoms with Gasteiger partial charge < -0.3 is 4.52 Å². The summed E-state index contributed by atoms with van der Waals surface area (Å²) in [6.07, 6.45) is 1.45. The maximum Gasteiger partial charge on any atom is 0.125 e. The van der Waals surface area contributed by atoms with E-state index < -0.39 is 0 Å². The van der Waals surface area contributed by atoms with Crippen LogP contribution >= 0.6 is 15.9 Å². The molecule has 0 fully saturated rings. The fourth-order valence-corrected chi connectivity index (χ4v) is 1.53.